The summed E-state index contributed by atoms with van der Waals surface area (Å²) in [5, 5.41) is 0.559. The van der Waals surface area contributed by atoms with Gasteiger partial charge in [0.05, 0.1) is 16.8 Å². The molecule has 2 heterocycles. The lowest BCUT2D eigenvalue weighted by Gasteiger charge is -2.31. The van der Waals surface area contributed by atoms with Crippen LogP contribution in [0.2, 0.25) is 0 Å². The van der Waals surface area contributed by atoms with Crippen molar-refractivity contribution in [3.05, 3.63) is 41.3 Å². The molecule has 3 rings (SSSR count). The van der Waals surface area contributed by atoms with E-state index in [1.165, 1.54) is 12.1 Å². The van der Waals surface area contributed by atoms with Crippen LogP contribution in [0.3, 0.4) is 0 Å². The Morgan fingerprint density at radius 1 is 1.26 bits per heavy atom. The maximum Gasteiger partial charge on any atom is 0.250 e. The van der Waals surface area contributed by atoms with E-state index in [1.54, 1.807) is 24.0 Å². The first-order valence-corrected chi connectivity index (χ1v) is 7.61. The third-order valence-electron chi connectivity index (χ3n) is 4.40. The normalized spacial score (nSPS) is 15.8. The van der Waals surface area contributed by atoms with Crippen LogP contribution in [-0.4, -0.2) is 34.8 Å². The van der Waals surface area contributed by atoms with Crippen molar-refractivity contribution in [1.29, 1.82) is 0 Å². The summed E-state index contributed by atoms with van der Waals surface area (Å²) < 4.78 is 13.4. The molecule has 1 aliphatic rings. The van der Waals surface area contributed by atoms with Crippen molar-refractivity contribution in [3.8, 4) is 0 Å². The summed E-state index contributed by atoms with van der Waals surface area (Å²) in [7, 11) is 0. The van der Waals surface area contributed by atoms with Crippen LogP contribution >= 0.6 is 0 Å². The zero-order valence-corrected chi connectivity index (χ0v) is 12.9. The number of nitrogens with two attached hydrogens (primary N) is 1. The van der Waals surface area contributed by atoms with Gasteiger partial charge in [0.1, 0.15) is 5.82 Å². The molecular formula is C17H18FN3O2. The van der Waals surface area contributed by atoms with Crippen molar-refractivity contribution >= 4 is 22.7 Å². The quantitative estimate of drug-likeness (QED) is 0.923. The minimum atomic E-state index is -0.562. The van der Waals surface area contributed by atoms with Crippen LogP contribution in [0.1, 0.15) is 41.7 Å². The Hall–Kier alpha value is -2.50. The maximum absolute atomic E-state index is 13.4. The molecule has 2 amide bonds. The second-order valence-electron chi connectivity index (χ2n) is 5.90. The van der Waals surface area contributed by atoms with Gasteiger partial charge in [0.25, 0.3) is 5.91 Å². The second-order valence-corrected chi connectivity index (χ2v) is 5.90. The minimum absolute atomic E-state index is 0.0560. The van der Waals surface area contributed by atoms with Crippen LogP contribution in [0.4, 0.5) is 4.39 Å². The van der Waals surface area contributed by atoms with Gasteiger partial charge >= 0.3 is 0 Å². The molecule has 0 radical (unpaired) electrons. The fourth-order valence-electron chi connectivity index (χ4n) is 3.14. The number of amides is 2. The van der Waals surface area contributed by atoms with E-state index >= 15 is 0 Å². The van der Waals surface area contributed by atoms with Gasteiger partial charge in [-0.15, -0.1) is 0 Å². The molecule has 1 aromatic carbocycles. The Morgan fingerprint density at radius 3 is 2.57 bits per heavy atom. The van der Waals surface area contributed by atoms with E-state index < -0.39 is 5.91 Å². The van der Waals surface area contributed by atoms with Gasteiger partial charge in [0.15, 0.2) is 0 Å². The smallest absolute Gasteiger partial charge is 0.250 e. The minimum Gasteiger partial charge on any atom is -0.366 e. The molecule has 0 aliphatic carbocycles. The van der Waals surface area contributed by atoms with Gasteiger partial charge in [-0.05, 0) is 37.1 Å². The molecule has 5 nitrogen and oxygen atoms in total. The number of benzene rings is 1. The Balaban J connectivity index is 1.99. The lowest BCUT2D eigenvalue weighted by Crippen LogP contribution is -2.37. The molecule has 23 heavy (non-hydrogen) atoms. The molecule has 0 spiro atoms. The van der Waals surface area contributed by atoms with Gasteiger partial charge in [-0.25, -0.2) is 4.39 Å². The molecule has 1 fully saturated rings. The predicted octanol–water partition coefficient (Wildman–Crippen LogP) is 2.20. The van der Waals surface area contributed by atoms with Crippen LogP contribution in [0.5, 0.6) is 0 Å². The van der Waals surface area contributed by atoms with Gasteiger partial charge in [0.2, 0.25) is 5.91 Å². The number of halogens is 1. The van der Waals surface area contributed by atoms with Crippen molar-refractivity contribution in [2.24, 2.45) is 5.73 Å². The Bertz CT molecular complexity index is 783. The molecule has 0 unspecified atom stereocenters. The van der Waals surface area contributed by atoms with Gasteiger partial charge in [-0.2, -0.15) is 0 Å². The van der Waals surface area contributed by atoms with Gasteiger partial charge in [-0.3, -0.25) is 14.6 Å². The first kappa shape index (κ1) is 15.4. The number of primary amides is 1. The zero-order chi connectivity index (χ0) is 16.6. The third kappa shape index (κ3) is 3.02. The predicted molar refractivity (Wildman–Crippen MR) is 84.4 cm³/mol. The number of rotatable bonds is 2. The number of nitrogens with zero attached hydrogens (tertiary/aromatic N) is 2. The molecule has 0 saturated carbocycles. The van der Waals surface area contributed by atoms with E-state index in [0.29, 0.717) is 35.2 Å². The average Bonchev–Trinajstić information content (AvgIpc) is 2.53. The monoisotopic (exact) mass is 315 g/mol. The SMILES string of the molecule is CC(=O)N1CCC(c2nc3ccc(F)cc3cc2C(N)=O)CC1. The number of pyridine rings is 1. The summed E-state index contributed by atoms with van der Waals surface area (Å²) in [6.07, 6.45) is 1.47. The van der Waals surface area contributed by atoms with Crippen LogP contribution in [-0.2, 0) is 4.79 Å². The van der Waals surface area contributed by atoms with Crippen molar-refractivity contribution in [3.63, 3.8) is 0 Å². The summed E-state index contributed by atoms with van der Waals surface area (Å²) >= 11 is 0. The summed E-state index contributed by atoms with van der Waals surface area (Å²) in [6.45, 7) is 2.83. The summed E-state index contributed by atoms with van der Waals surface area (Å²) in [5.41, 5.74) is 7.12. The number of likely N-dealkylation sites (tertiary alicyclic amines) is 1. The van der Waals surface area contributed by atoms with E-state index in [-0.39, 0.29) is 17.6 Å². The van der Waals surface area contributed by atoms with Crippen molar-refractivity contribution in [1.82, 2.24) is 9.88 Å². The molecule has 0 bridgehead atoms. The third-order valence-corrected chi connectivity index (χ3v) is 4.40. The largest absolute Gasteiger partial charge is 0.366 e. The molecule has 2 N–H and O–H groups in total. The van der Waals surface area contributed by atoms with Crippen LogP contribution in [0.25, 0.3) is 10.9 Å². The fraction of sp³-hybridized carbons (Fsp3) is 0.353. The summed E-state index contributed by atoms with van der Waals surface area (Å²) in [4.78, 5) is 29.6. The summed E-state index contributed by atoms with van der Waals surface area (Å²) in [5.74, 6) is -0.812. The average molecular weight is 315 g/mol. The number of hydrogen-bond acceptors (Lipinski definition) is 3. The molecule has 0 atom stereocenters. The van der Waals surface area contributed by atoms with Crippen LogP contribution in [0.15, 0.2) is 24.3 Å². The zero-order valence-electron chi connectivity index (χ0n) is 12.9. The highest BCUT2D eigenvalue weighted by Crippen LogP contribution is 2.31. The highest BCUT2D eigenvalue weighted by atomic mass is 19.1. The van der Waals surface area contributed by atoms with Gasteiger partial charge < -0.3 is 10.6 Å². The molecule has 2 aromatic rings. The number of fused-ring (bicyclic) bond motifs is 1. The van der Waals surface area contributed by atoms with E-state index in [9.17, 15) is 14.0 Å². The van der Waals surface area contributed by atoms with E-state index in [2.05, 4.69) is 4.98 Å². The van der Waals surface area contributed by atoms with Gasteiger partial charge in [-0.1, -0.05) is 0 Å². The van der Waals surface area contributed by atoms with E-state index in [0.717, 1.165) is 12.8 Å². The van der Waals surface area contributed by atoms with Crippen molar-refractivity contribution in [2.45, 2.75) is 25.7 Å². The summed E-state index contributed by atoms with van der Waals surface area (Å²) in [6, 6.07) is 5.91. The number of aromatic nitrogens is 1. The number of hydrogen-bond donors (Lipinski definition) is 1. The topological polar surface area (TPSA) is 76.3 Å². The highest BCUT2D eigenvalue weighted by molar-refractivity contribution is 5.97. The molecular weight excluding hydrogens is 297 g/mol. The van der Waals surface area contributed by atoms with E-state index in [4.69, 9.17) is 5.73 Å². The van der Waals surface area contributed by atoms with Crippen molar-refractivity contribution in [2.75, 3.05) is 13.1 Å². The molecule has 1 saturated heterocycles. The number of piperidine rings is 1. The standard InChI is InChI=1S/C17H18FN3O2/c1-10(22)21-6-4-11(5-7-21)16-14(17(19)23)9-12-8-13(18)2-3-15(12)20-16/h2-3,8-9,11H,4-7H2,1H3,(H2,19,23). The van der Waals surface area contributed by atoms with Gasteiger partial charge in [0, 0.05) is 31.3 Å². The first-order chi connectivity index (χ1) is 11.0. The molecule has 120 valence electrons. The molecule has 1 aromatic heterocycles. The Labute approximate surface area is 133 Å². The Kier molecular flexibility index (Phi) is 3.98. The number of carbonyl (C=O) groups excluding carboxylic acids is 2. The fourth-order valence-corrected chi connectivity index (χ4v) is 3.14. The molecule has 1 aliphatic heterocycles. The Morgan fingerprint density at radius 2 is 1.96 bits per heavy atom. The lowest BCUT2D eigenvalue weighted by atomic mass is 9.89. The number of carbonyl (C=O) groups is 2. The molecule has 6 heteroatoms. The lowest BCUT2D eigenvalue weighted by molar-refractivity contribution is -0.129. The first-order valence-electron chi connectivity index (χ1n) is 7.61. The van der Waals surface area contributed by atoms with E-state index in [1.807, 2.05) is 0 Å². The maximum atomic E-state index is 13.4. The van der Waals surface area contributed by atoms with Crippen LogP contribution < -0.4 is 5.73 Å². The van der Waals surface area contributed by atoms with Crippen molar-refractivity contribution < 1.29 is 14.0 Å². The second kappa shape index (κ2) is 5.95. The van der Waals surface area contributed by atoms with Crippen LogP contribution in [0, 0.1) is 5.82 Å². The highest BCUT2D eigenvalue weighted by Gasteiger charge is 2.26.